The lowest BCUT2D eigenvalue weighted by Crippen LogP contribution is -2.17. The van der Waals surface area contributed by atoms with E-state index in [2.05, 4.69) is 5.32 Å². The number of hydrogen-bond donors (Lipinski definition) is 1. The van der Waals surface area contributed by atoms with Gasteiger partial charge in [0.05, 0.1) is 6.04 Å². The maximum absolute atomic E-state index is 13.2. The van der Waals surface area contributed by atoms with E-state index >= 15 is 0 Å². The summed E-state index contributed by atoms with van der Waals surface area (Å²) in [6.07, 6.45) is 0. The highest BCUT2D eigenvalue weighted by Crippen LogP contribution is 2.21. The van der Waals surface area contributed by atoms with Crippen molar-refractivity contribution in [1.29, 1.82) is 0 Å². The van der Waals surface area contributed by atoms with Crippen LogP contribution in [0.4, 0.5) is 4.39 Å². The molecule has 2 aromatic rings. The first kappa shape index (κ1) is 10.8. The van der Waals surface area contributed by atoms with Crippen LogP contribution in [0.15, 0.2) is 54.6 Å². The van der Waals surface area contributed by atoms with Gasteiger partial charge in [-0.1, -0.05) is 42.5 Å². The Bertz CT molecular complexity index is 453. The Labute approximate surface area is 94.9 Å². The minimum atomic E-state index is -0.200. The molecule has 0 amide bonds. The SMILES string of the molecule is CNC(c1ccccc1)c1cccc(F)c1. The van der Waals surface area contributed by atoms with Crippen LogP contribution in [0.3, 0.4) is 0 Å². The van der Waals surface area contributed by atoms with Crippen LogP contribution in [0.25, 0.3) is 0 Å². The molecule has 2 rings (SSSR count). The third-order valence-electron chi connectivity index (χ3n) is 2.60. The Hall–Kier alpha value is -1.67. The average molecular weight is 215 g/mol. The number of benzene rings is 2. The van der Waals surface area contributed by atoms with Crippen LogP contribution in [0.2, 0.25) is 0 Å². The van der Waals surface area contributed by atoms with Gasteiger partial charge in [-0.15, -0.1) is 0 Å². The first-order chi connectivity index (χ1) is 7.81. The van der Waals surface area contributed by atoms with Gasteiger partial charge in [-0.05, 0) is 30.3 Å². The van der Waals surface area contributed by atoms with Crippen molar-refractivity contribution in [3.8, 4) is 0 Å². The van der Waals surface area contributed by atoms with E-state index in [4.69, 9.17) is 0 Å². The van der Waals surface area contributed by atoms with Gasteiger partial charge in [-0.25, -0.2) is 4.39 Å². The molecule has 0 fully saturated rings. The second-order valence-corrected chi connectivity index (χ2v) is 3.69. The number of hydrogen-bond acceptors (Lipinski definition) is 1. The Morgan fingerprint density at radius 3 is 2.25 bits per heavy atom. The van der Waals surface area contributed by atoms with Crippen molar-refractivity contribution in [3.63, 3.8) is 0 Å². The summed E-state index contributed by atoms with van der Waals surface area (Å²) in [6.45, 7) is 0. The maximum Gasteiger partial charge on any atom is 0.123 e. The van der Waals surface area contributed by atoms with Crippen molar-refractivity contribution in [2.24, 2.45) is 0 Å². The van der Waals surface area contributed by atoms with Crippen LogP contribution in [0, 0.1) is 5.82 Å². The van der Waals surface area contributed by atoms with Gasteiger partial charge in [0.1, 0.15) is 5.82 Å². The monoisotopic (exact) mass is 215 g/mol. The molecular formula is C14H14FN. The minimum absolute atomic E-state index is 0.0388. The molecule has 0 bridgehead atoms. The third-order valence-corrected chi connectivity index (χ3v) is 2.60. The van der Waals surface area contributed by atoms with E-state index in [0.29, 0.717) is 0 Å². The van der Waals surface area contributed by atoms with E-state index in [1.54, 1.807) is 12.1 Å². The second kappa shape index (κ2) is 4.90. The standard InChI is InChI=1S/C14H14FN/c1-16-14(11-6-3-2-4-7-11)12-8-5-9-13(15)10-12/h2-10,14,16H,1H3. The number of halogens is 1. The van der Waals surface area contributed by atoms with Gasteiger partial charge in [-0.3, -0.25) is 0 Å². The van der Waals surface area contributed by atoms with E-state index in [1.165, 1.54) is 6.07 Å². The Kier molecular flexibility index (Phi) is 3.32. The van der Waals surface area contributed by atoms with Crippen LogP contribution >= 0.6 is 0 Å². The summed E-state index contributed by atoms with van der Waals surface area (Å²) in [6, 6.07) is 16.7. The molecule has 1 atom stereocenters. The molecule has 0 radical (unpaired) electrons. The van der Waals surface area contributed by atoms with Crippen molar-refractivity contribution in [1.82, 2.24) is 5.32 Å². The minimum Gasteiger partial charge on any atom is -0.309 e. The van der Waals surface area contributed by atoms with Crippen LogP contribution in [-0.2, 0) is 0 Å². The molecule has 2 heteroatoms. The van der Waals surface area contributed by atoms with Crippen molar-refractivity contribution in [2.75, 3.05) is 7.05 Å². The predicted molar refractivity (Wildman–Crippen MR) is 63.7 cm³/mol. The number of rotatable bonds is 3. The van der Waals surface area contributed by atoms with Gasteiger partial charge in [0.15, 0.2) is 0 Å². The van der Waals surface area contributed by atoms with Crippen molar-refractivity contribution in [3.05, 3.63) is 71.5 Å². The fourth-order valence-electron chi connectivity index (χ4n) is 1.86. The van der Waals surface area contributed by atoms with Gasteiger partial charge < -0.3 is 5.32 Å². The zero-order chi connectivity index (χ0) is 11.4. The molecule has 1 unspecified atom stereocenters. The van der Waals surface area contributed by atoms with Gasteiger partial charge in [0.2, 0.25) is 0 Å². The van der Waals surface area contributed by atoms with Crippen LogP contribution in [-0.4, -0.2) is 7.05 Å². The molecule has 0 aliphatic rings. The molecule has 1 nitrogen and oxygen atoms in total. The van der Waals surface area contributed by atoms with Crippen LogP contribution in [0.1, 0.15) is 17.2 Å². The topological polar surface area (TPSA) is 12.0 Å². The molecule has 0 spiro atoms. The molecule has 0 saturated heterocycles. The zero-order valence-corrected chi connectivity index (χ0v) is 9.15. The molecule has 0 aliphatic heterocycles. The highest BCUT2D eigenvalue weighted by Gasteiger charge is 2.11. The molecule has 0 saturated carbocycles. The summed E-state index contributed by atoms with van der Waals surface area (Å²) in [5.74, 6) is -0.200. The fourth-order valence-corrected chi connectivity index (χ4v) is 1.86. The fraction of sp³-hybridized carbons (Fsp3) is 0.143. The second-order valence-electron chi connectivity index (χ2n) is 3.69. The summed E-state index contributed by atoms with van der Waals surface area (Å²) < 4.78 is 13.2. The quantitative estimate of drug-likeness (QED) is 0.829. The molecule has 0 aliphatic carbocycles. The van der Waals surface area contributed by atoms with Crippen molar-refractivity contribution >= 4 is 0 Å². The summed E-state index contributed by atoms with van der Waals surface area (Å²) >= 11 is 0. The first-order valence-corrected chi connectivity index (χ1v) is 5.29. The van der Waals surface area contributed by atoms with E-state index in [0.717, 1.165) is 11.1 Å². The van der Waals surface area contributed by atoms with Gasteiger partial charge in [0.25, 0.3) is 0 Å². The first-order valence-electron chi connectivity index (χ1n) is 5.29. The van der Waals surface area contributed by atoms with E-state index in [9.17, 15) is 4.39 Å². The molecule has 0 heterocycles. The maximum atomic E-state index is 13.2. The zero-order valence-electron chi connectivity index (χ0n) is 9.15. The molecule has 16 heavy (non-hydrogen) atoms. The van der Waals surface area contributed by atoms with Gasteiger partial charge in [0, 0.05) is 0 Å². The van der Waals surface area contributed by atoms with Crippen molar-refractivity contribution in [2.45, 2.75) is 6.04 Å². The average Bonchev–Trinajstić information content (AvgIpc) is 2.31. The van der Waals surface area contributed by atoms with Gasteiger partial charge >= 0.3 is 0 Å². The van der Waals surface area contributed by atoms with Crippen LogP contribution in [0.5, 0.6) is 0 Å². The van der Waals surface area contributed by atoms with Gasteiger partial charge in [-0.2, -0.15) is 0 Å². The third kappa shape index (κ3) is 2.28. The summed E-state index contributed by atoms with van der Waals surface area (Å²) in [5, 5.41) is 3.20. The Morgan fingerprint density at radius 2 is 1.62 bits per heavy atom. The highest BCUT2D eigenvalue weighted by molar-refractivity contribution is 5.31. The summed E-state index contributed by atoms with van der Waals surface area (Å²) in [7, 11) is 1.88. The van der Waals surface area contributed by atoms with E-state index in [-0.39, 0.29) is 11.9 Å². The molecule has 2 aromatic carbocycles. The lowest BCUT2D eigenvalue weighted by molar-refractivity contribution is 0.617. The molecule has 1 N–H and O–H groups in total. The lowest BCUT2D eigenvalue weighted by Gasteiger charge is -2.17. The Morgan fingerprint density at radius 1 is 0.938 bits per heavy atom. The smallest absolute Gasteiger partial charge is 0.123 e. The molecular weight excluding hydrogens is 201 g/mol. The normalized spacial score (nSPS) is 12.4. The van der Waals surface area contributed by atoms with Crippen molar-refractivity contribution < 1.29 is 4.39 Å². The highest BCUT2D eigenvalue weighted by atomic mass is 19.1. The summed E-state index contributed by atoms with van der Waals surface area (Å²) in [4.78, 5) is 0. The largest absolute Gasteiger partial charge is 0.309 e. The van der Waals surface area contributed by atoms with Crippen LogP contribution < -0.4 is 5.32 Å². The van der Waals surface area contributed by atoms with E-state index < -0.39 is 0 Å². The summed E-state index contributed by atoms with van der Waals surface area (Å²) in [5.41, 5.74) is 2.07. The predicted octanol–water partition coefficient (Wildman–Crippen LogP) is 3.13. The number of nitrogens with one attached hydrogen (secondary N) is 1. The van der Waals surface area contributed by atoms with E-state index in [1.807, 2.05) is 43.4 Å². The molecule has 82 valence electrons. The Balaban J connectivity index is 2.37. The lowest BCUT2D eigenvalue weighted by atomic mass is 9.99. The molecule has 0 aromatic heterocycles.